The predicted molar refractivity (Wildman–Crippen MR) is 81.0 cm³/mol. The quantitative estimate of drug-likeness (QED) is 0.815. The van der Waals surface area contributed by atoms with E-state index in [-0.39, 0.29) is 0 Å². The zero-order chi connectivity index (χ0) is 12.3. The molecule has 92 valence electrons. The van der Waals surface area contributed by atoms with E-state index < -0.39 is 0 Å². The van der Waals surface area contributed by atoms with Crippen molar-refractivity contribution in [2.45, 2.75) is 32.9 Å². The van der Waals surface area contributed by atoms with E-state index in [0.717, 1.165) is 13.0 Å². The molecule has 4 heteroatoms. The molecule has 1 atom stereocenters. The molecular formula is C13H16BrNS2. The SMILES string of the molecule is CCc1ccc(C(C)NCc2cc(Br)cs2)s1. The molecule has 0 bridgehead atoms. The van der Waals surface area contributed by atoms with Crippen LogP contribution in [-0.2, 0) is 13.0 Å². The summed E-state index contributed by atoms with van der Waals surface area (Å²) in [7, 11) is 0. The lowest BCUT2D eigenvalue weighted by molar-refractivity contribution is 0.587. The van der Waals surface area contributed by atoms with Crippen molar-refractivity contribution in [2.24, 2.45) is 0 Å². The Hall–Kier alpha value is -0.160. The summed E-state index contributed by atoms with van der Waals surface area (Å²) in [6.45, 7) is 5.38. The Labute approximate surface area is 119 Å². The molecule has 2 heterocycles. The van der Waals surface area contributed by atoms with Crippen LogP contribution >= 0.6 is 38.6 Å². The molecule has 17 heavy (non-hydrogen) atoms. The van der Waals surface area contributed by atoms with Gasteiger partial charge in [0, 0.05) is 37.1 Å². The third-order valence-corrected chi connectivity index (χ3v) is 5.77. The second-order valence-electron chi connectivity index (χ2n) is 3.99. The van der Waals surface area contributed by atoms with E-state index in [2.05, 4.69) is 58.7 Å². The first-order valence-corrected chi connectivity index (χ1v) is 8.23. The maximum absolute atomic E-state index is 3.57. The van der Waals surface area contributed by atoms with Crippen LogP contribution in [0.2, 0.25) is 0 Å². The van der Waals surface area contributed by atoms with E-state index in [0.29, 0.717) is 6.04 Å². The van der Waals surface area contributed by atoms with Gasteiger partial charge in [-0.05, 0) is 47.5 Å². The van der Waals surface area contributed by atoms with Crippen LogP contribution in [0.3, 0.4) is 0 Å². The lowest BCUT2D eigenvalue weighted by Crippen LogP contribution is -2.16. The highest BCUT2D eigenvalue weighted by molar-refractivity contribution is 9.10. The highest BCUT2D eigenvalue weighted by atomic mass is 79.9. The van der Waals surface area contributed by atoms with E-state index in [9.17, 15) is 0 Å². The lowest BCUT2D eigenvalue weighted by Gasteiger charge is -2.10. The maximum Gasteiger partial charge on any atom is 0.0389 e. The zero-order valence-corrected chi connectivity index (χ0v) is 13.2. The molecule has 0 amide bonds. The van der Waals surface area contributed by atoms with Gasteiger partial charge in [0.1, 0.15) is 0 Å². The van der Waals surface area contributed by atoms with Gasteiger partial charge in [-0.15, -0.1) is 22.7 Å². The second-order valence-corrected chi connectivity index (χ2v) is 7.10. The van der Waals surface area contributed by atoms with E-state index >= 15 is 0 Å². The molecule has 0 aliphatic rings. The Balaban J connectivity index is 1.90. The average Bonchev–Trinajstić information content (AvgIpc) is 2.94. The predicted octanol–water partition coefficient (Wildman–Crippen LogP) is 4.99. The molecule has 1 unspecified atom stereocenters. The first-order chi connectivity index (χ1) is 8.19. The van der Waals surface area contributed by atoms with Gasteiger partial charge in [0.05, 0.1) is 0 Å². The number of hydrogen-bond acceptors (Lipinski definition) is 3. The molecule has 0 aliphatic heterocycles. The first-order valence-electron chi connectivity index (χ1n) is 5.74. The molecule has 2 aromatic rings. The normalized spacial score (nSPS) is 12.9. The standard InChI is InChI=1S/C13H16BrNS2/c1-3-11-4-5-13(17-11)9(2)15-7-12-6-10(14)8-16-12/h4-6,8-9,15H,3,7H2,1-2H3. The number of thiophene rings is 2. The molecule has 2 aromatic heterocycles. The summed E-state index contributed by atoms with van der Waals surface area (Å²) < 4.78 is 1.18. The summed E-state index contributed by atoms with van der Waals surface area (Å²) in [6, 6.07) is 7.09. The Morgan fingerprint density at radius 2 is 2.18 bits per heavy atom. The maximum atomic E-state index is 3.57. The molecule has 2 rings (SSSR count). The van der Waals surface area contributed by atoms with Gasteiger partial charge in [-0.1, -0.05) is 6.92 Å². The third kappa shape index (κ3) is 3.65. The Morgan fingerprint density at radius 1 is 1.35 bits per heavy atom. The minimum absolute atomic E-state index is 0.432. The van der Waals surface area contributed by atoms with Crippen LogP contribution < -0.4 is 5.32 Å². The number of halogens is 1. The molecule has 0 saturated heterocycles. The topological polar surface area (TPSA) is 12.0 Å². The highest BCUT2D eigenvalue weighted by Gasteiger charge is 2.08. The monoisotopic (exact) mass is 329 g/mol. The molecule has 0 fully saturated rings. The van der Waals surface area contributed by atoms with Gasteiger partial charge in [0.2, 0.25) is 0 Å². The molecule has 1 nitrogen and oxygen atoms in total. The molecule has 0 radical (unpaired) electrons. The number of aryl methyl sites for hydroxylation is 1. The summed E-state index contributed by atoms with van der Waals surface area (Å²) in [5.74, 6) is 0. The second kappa shape index (κ2) is 6.14. The van der Waals surface area contributed by atoms with Crippen molar-refractivity contribution in [1.29, 1.82) is 0 Å². The van der Waals surface area contributed by atoms with Crippen molar-refractivity contribution in [3.8, 4) is 0 Å². The number of hydrogen-bond donors (Lipinski definition) is 1. The fourth-order valence-electron chi connectivity index (χ4n) is 1.62. The van der Waals surface area contributed by atoms with Crippen molar-refractivity contribution in [3.05, 3.63) is 42.7 Å². The van der Waals surface area contributed by atoms with E-state index in [1.54, 1.807) is 11.3 Å². The largest absolute Gasteiger partial charge is 0.305 e. The average molecular weight is 330 g/mol. The van der Waals surface area contributed by atoms with E-state index in [1.807, 2.05) is 11.3 Å². The fourth-order valence-corrected chi connectivity index (χ4v) is 4.00. The molecule has 0 spiro atoms. The van der Waals surface area contributed by atoms with Crippen LogP contribution in [0.25, 0.3) is 0 Å². The van der Waals surface area contributed by atoms with E-state index in [4.69, 9.17) is 0 Å². The number of rotatable bonds is 5. The fraction of sp³-hybridized carbons (Fsp3) is 0.385. The Kier molecular flexibility index (Phi) is 4.79. The van der Waals surface area contributed by atoms with Gasteiger partial charge >= 0.3 is 0 Å². The summed E-state index contributed by atoms with van der Waals surface area (Å²) in [5, 5.41) is 5.69. The van der Waals surface area contributed by atoms with Gasteiger partial charge in [-0.25, -0.2) is 0 Å². The molecular weight excluding hydrogens is 314 g/mol. The minimum Gasteiger partial charge on any atom is -0.305 e. The highest BCUT2D eigenvalue weighted by Crippen LogP contribution is 2.25. The smallest absolute Gasteiger partial charge is 0.0389 e. The van der Waals surface area contributed by atoms with Crippen LogP contribution in [0.1, 0.15) is 34.5 Å². The lowest BCUT2D eigenvalue weighted by atomic mass is 10.2. The van der Waals surface area contributed by atoms with Crippen LogP contribution in [0.5, 0.6) is 0 Å². The third-order valence-electron chi connectivity index (χ3n) is 2.66. The van der Waals surface area contributed by atoms with Crippen molar-refractivity contribution in [1.82, 2.24) is 5.32 Å². The summed E-state index contributed by atoms with van der Waals surface area (Å²) in [4.78, 5) is 4.26. The van der Waals surface area contributed by atoms with Gasteiger partial charge in [-0.3, -0.25) is 0 Å². The van der Waals surface area contributed by atoms with Gasteiger partial charge in [-0.2, -0.15) is 0 Å². The van der Waals surface area contributed by atoms with Crippen molar-refractivity contribution >= 4 is 38.6 Å². The summed E-state index contributed by atoms with van der Waals surface area (Å²) >= 11 is 7.18. The Bertz CT molecular complexity index is 475. The first kappa shape index (κ1) is 13.3. The van der Waals surface area contributed by atoms with Crippen molar-refractivity contribution in [2.75, 3.05) is 0 Å². The zero-order valence-electron chi connectivity index (χ0n) is 10.00. The van der Waals surface area contributed by atoms with Crippen LogP contribution in [-0.4, -0.2) is 0 Å². The van der Waals surface area contributed by atoms with Crippen molar-refractivity contribution in [3.63, 3.8) is 0 Å². The van der Waals surface area contributed by atoms with Gasteiger partial charge < -0.3 is 5.32 Å². The summed E-state index contributed by atoms with van der Waals surface area (Å²) in [6.07, 6.45) is 1.13. The van der Waals surface area contributed by atoms with Gasteiger partial charge in [0.25, 0.3) is 0 Å². The van der Waals surface area contributed by atoms with Gasteiger partial charge in [0.15, 0.2) is 0 Å². The minimum atomic E-state index is 0.432. The Morgan fingerprint density at radius 3 is 2.76 bits per heavy atom. The molecule has 0 aliphatic carbocycles. The van der Waals surface area contributed by atoms with Crippen LogP contribution in [0.4, 0.5) is 0 Å². The molecule has 1 N–H and O–H groups in total. The van der Waals surface area contributed by atoms with Crippen LogP contribution in [0, 0.1) is 0 Å². The van der Waals surface area contributed by atoms with E-state index in [1.165, 1.54) is 19.1 Å². The molecule has 0 aromatic carbocycles. The van der Waals surface area contributed by atoms with Crippen molar-refractivity contribution < 1.29 is 0 Å². The summed E-state index contributed by atoms with van der Waals surface area (Å²) in [5.41, 5.74) is 0. The van der Waals surface area contributed by atoms with Crippen LogP contribution in [0.15, 0.2) is 28.1 Å². The molecule has 0 saturated carbocycles. The number of nitrogens with one attached hydrogen (secondary N) is 1.